The first kappa shape index (κ1) is 19.3. The Kier molecular flexibility index (Phi) is 4.48. The highest BCUT2D eigenvalue weighted by Crippen LogP contribution is 2.65. The predicted molar refractivity (Wildman–Crippen MR) is 102 cm³/mol. The molecule has 0 aromatic carbocycles. The van der Waals surface area contributed by atoms with Crippen LogP contribution in [0.4, 0.5) is 0 Å². The summed E-state index contributed by atoms with van der Waals surface area (Å²) >= 11 is 0. The van der Waals surface area contributed by atoms with Crippen LogP contribution in [0.5, 0.6) is 0 Å². The molecule has 0 saturated heterocycles. The summed E-state index contributed by atoms with van der Waals surface area (Å²) in [7, 11) is -4.40. The first-order valence-electron chi connectivity index (χ1n) is 10.1. The average Bonchev–Trinajstić information content (AvgIpc) is 2.91. The zero-order valence-corrected chi connectivity index (χ0v) is 17.2. The first-order valence-corrected chi connectivity index (χ1v) is 11.5. The third kappa shape index (κ3) is 3.04. The standard InChI is InChI=1S/C21H30O5S/c1-13(22)17-6-7-18-16-5-4-14-12-15(26-27(23,24)25)8-10-20(14,2)19(16)9-11-21(17,18)3/h4,6,15-16,18-19H,5,7-12H2,1-3H3,(H,23,24,25). The van der Waals surface area contributed by atoms with Gasteiger partial charge in [0.2, 0.25) is 0 Å². The van der Waals surface area contributed by atoms with E-state index in [4.69, 9.17) is 8.74 Å². The highest BCUT2D eigenvalue weighted by atomic mass is 32.3. The van der Waals surface area contributed by atoms with Gasteiger partial charge >= 0.3 is 10.4 Å². The second-order valence-electron chi connectivity index (χ2n) is 9.51. The van der Waals surface area contributed by atoms with Crippen LogP contribution in [0.15, 0.2) is 23.3 Å². The van der Waals surface area contributed by atoms with Gasteiger partial charge in [0.05, 0.1) is 6.10 Å². The number of carbonyl (C=O) groups is 1. The second kappa shape index (κ2) is 6.26. The Morgan fingerprint density at radius 3 is 2.48 bits per heavy atom. The van der Waals surface area contributed by atoms with Crippen molar-refractivity contribution in [2.75, 3.05) is 0 Å². The number of Topliss-reactive ketones (excluding diaryl/α,β-unsaturated/α-hetero) is 1. The smallest absolute Gasteiger partial charge is 0.295 e. The fraction of sp³-hybridized carbons (Fsp3) is 0.762. The van der Waals surface area contributed by atoms with Crippen LogP contribution >= 0.6 is 0 Å². The zero-order chi connectivity index (χ0) is 19.6. The van der Waals surface area contributed by atoms with E-state index in [9.17, 15) is 13.2 Å². The number of carbonyl (C=O) groups excluding carboxylic acids is 1. The molecule has 6 heteroatoms. The molecule has 6 atom stereocenters. The van der Waals surface area contributed by atoms with Crippen LogP contribution in [-0.2, 0) is 19.4 Å². The van der Waals surface area contributed by atoms with E-state index in [1.807, 2.05) is 0 Å². The summed E-state index contributed by atoms with van der Waals surface area (Å²) in [5.74, 6) is 1.89. The third-order valence-electron chi connectivity index (χ3n) is 8.28. The number of rotatable bonds is 3. The van der Waals surface area contributed by atoms with Crippen LogP contribution in [-0.4, -0.2) is 24.9 Å². The number of hydrogen-bond donors (Lipinski definition) is 1. The number of hydrogen-bond acceptors (Lipinski definition) is 4. The Morgan fingerprint density at radius 2 is 1.81 bits per heavy atom. The second-order valence-corrected chi connectivity index (χ2v) is 10.6. The molecule has 0 aromatic rings. The Balaban J connectivity index is 1.59. The van der Waals surface area contributed by atoms with E-state index in [-0.39, 0.29) is 16.6 Å². The number of ketones is 1. The van der Waals surface area contributed by atoms with Crippen LogP contribution in [0.25, 0.3) is 0 Å². The van der Waals surface area contributed by atoms with Crippen molar-refractivity contribution in [2.45, 2.75) is 71.8 Å². The molecule has 0 bridgehead atoms. The fourth-order valence-corrected chi connectivity index (χ4v) is 7.50. The summed E-state index contributed by atoms with van der Waals surface area (Å²) in [5.41, 5.74) is 2.42. The van der Waals surface area contributed by atoms with Crippen LogP contribution in [0.2, 0.25) is 0 Å². The lowest BCUT2D eigenvalue weighted by atomic mass is 9.47. The summed E-state index contributed by atoms with van der Waals surface area (Å²) in [6.07, 6.45) is 10.3. The lowest BCUT2D eigenvalue weighted by Crippen LogP contribution is -2.50. The average molecular weight is 395 g/mol. The molecular formula is C21H30O5S. The Bertz CT molecular complexity index is 826. The minimum absolute atomic E-state index is 0.0139. The lowest BCUT2D eigenvalue weighted by Gasteiger charge is -2.57. The molecule has 150 valence electrons. The van der Waals surface area contributed by atoms with Gasteiger partial charge in [-0.1, -0.05) is 31.6 Å². The van der Waals surface area contributed by atoms with Crippen molar-refractivity contribution in [1.29, 1.82) is 0 Å². The number of fused-ring (bicyclic) bond motifs is 5. The minimum Gasteiger partial charge on any atom is -0.295 e. The molecule has 4 rings (SSSR count). The van der Waals surface area contributed by atoms with Gasteiger partial charge in [0.15, 0.2) is 5.78 Å². The van der Waals surface area contributed by atoms with Crippen molar-refractivity contribution < 1.29 is 21.9 Å². The summed E-state index contributed by atoms with van der Waals surface area (Å²) in [5, 5.41) is 0. The Morgan fingerprint density at radius 1 is 1.11 bits per heavy atom. The van der Waals surface area contributed by atoms with Crippen molar-refractivity contribution >= 4 is 16.2 Å². The van der Waals surface area contributed by atoms with Crippen LogP contribution in [0, 0.1) is 28.6 Å². The van der Waals surface area contributed by atoms with E-state index < -0.39 is 16.5 Å². The van der Waals surface area contributed by atoms with E-state index in [0.717, 1.165) is 37.7 Å². The molecule has 0 aliphatic heterocycles. The summed E-state index contributed by atoms with van der Waals surface area (Å²) in [6.45, 7) is 6.31. The highest BCUT2D eigenvalue weighted by molar-refractivity contribution is 7.80. The monoisotopic (exact) mass is 394 g/mol. The van der Waals surface area contributed by atoms with Crippen LogP contribution in [0.3, 0.4) is 0 Å². The van der Waals surface area contributed by atoms with Gasteiger partial charge in [0.1, 0.15) is 0 Å². The van der Waals surface area contributed by atoms with Gasteiger partial charge in [-0.25, -0.2) is 4.18 Å². The van der Waals surface area contributed by atoms with Crippen LogP contribution < -0.4 is 0 Å². The van der Waals surface area contributed by atoms with E-state index >= 15 is 0 Å². The molecule has 2 saturated carbocycles. The van der Waals surface area contributed by atoms with Gasteiger partial charge in [-0.15, -0.1) is 0 Å². The molecule has 2 fully saturated rings. The van der Waals surface area contributed by atoms with Gasteiger partial charge < -0.3 is 0 Å². The minimum atomic E-state index is -4.40. The fourth-order valence-electron chi connectivity index (χ4n) is 6.99. The SMILES string of the molecule is CC(=O)C1=CCC2C3CC=C4CC(OS(=O)(=O)O)CCC4(C)C3CCC12C. The largest absolute Gasteiger partial charge is 0.397 e. The van der Waals surface area contributed by atoms with Gasteiger partial charge in [-0.05, 0) is 86.0 Å². The number of allylic oxidation sites excluding steroid dienone is 3. The maximum atomic E-state index is 12.1. The molecule has 4 aliphatic rings. The molecular weight excluding hydrogens is 364 g/mol. The molecule has 0 heterocycles. The topological polar surface area (TPSA) is 80.7 Å². The maximum absolute atomic E-state index is 12.1. The molecule has 4 aliphatic carbocycles. The van der Waals surface area contributed by atoms with Crippen molar-refractivity contribution in [3.63, 3.8) is 0 Å². The van der Waals surface area contributed by atoms with Gasteiger partial charge in [0.25, 0.3) is 0 Å². The van der Waals surface area contributed by atoms with E-state index in [1.165, 1.54) is 5.57 Å². The van der Waals surface area contributed by atoms with Gasteiger partial charge in [0, 0.05) is 0 Å². The van der Waals surface area contributed by atoms with E-state index in [2.05, 4.69) is 26.0 Å². The molecule has 5 nitrogen and oxygen atoms in total. The molecule has 0 spiro atoms. The third-order valence-corrected chi connectivity index (χ3v) is 8.79. The maximum Gasteiger partial charge on any atom is 0.397 e. The Labute approximate surface area is 162 Å². The molecule has 0 amide bonds. The van der Waals surface area contributed by atoms with E-state index in [0.29, 0.717) is 30.6 Å². The normalized spacial score (nSPS) is 43.9. The molecule has 0 aromatic heterocycles. The predicted octanol–water partition coefficient (Wildman–Crippen LogP) is 4.26. The zero-order valence-electron chi connectivity index (χ0n) is 16.4. The quantitative estimate of drug-likeness (QED) is 0.571. The molecule has 27 heavy (non-hydrogen) atoms. The lowest BCUT2D eigenvalue weighted by molar-refractivity contribution is -0.115. The molecule has 0 radical (unpaired) electrons. The van der Waals surface area contributed by atoms with Crippen molar-refractivity contribution in [3.05, 3.63) is 23.3 Å². The highest BCUT2D eigenvalue weighted by Gasteiger charge is 2.57. The molecule has 1 N–H and O–H groups in total. The van der Waals surface area contributed by atoms with Gasteiger partial charge in [-0.3, -0.25) is 9.35 Å². The first-order chi connectivity index (χ1) is 12.5. The van der Waals surface area contributed by atoms with Crippen molar-refractivity contribution in [2.24, 2.45) is 28.6 Å². The van der Waals surface area contributed by atoms with Crippen LogP contribution in [0.1, 0.15) is 65.7 Å². The molecule has 6 unspecified atom stereocenters. The summed E-state index contributed by atoms with van der Waals surface area (Å²) < 4.78 is 36.1. The summed E-state index contributed by atoms with van der Waals surface area (Å²) in [4.78, 5) is 12.1. The Hall–Kier alpha value is -0.980. The van der Waals surface area contributed by atoms with E-state index in [1.54, 1.807) is 6.92 Å². The van der Waals surface area contributed by atoms with Crippen molar-refractivity contribution in [3.8, 4) is 0 Å². The summed E-state index contributed by atoms with van der Waals surface area (Å²) in [6, 6.07) is 0. The van der Waals surface area contributed by atoms with Gasteiger partial charge in [-0.2, -0.15) is 8.42 Å². The van der Waals surface area contributed by atoms with Crippen molar-refractivity contribution in [1.82, 2.24) is 0 Å².